The largest absolute Gasteiger partial charge is 0.356 e. The number of hydrogen-bond acceptors (Lipinski definition) is 5. The number of anilines is 2. The Morgan fingerprint density at radius 1 is 1.21 bits per heavy atom. The fourth-order valence-corrected chi connectivity index (χ4v) is 3.44. The molecule has 24 heavy (non-hydrogen) atoms. The third-order valence-electron chi connectivity index (χ3n) is 3.81. The van der Waals surface area contributed by atoms with Crippen molar-refractivity contribution in [2.75, 3.05) is 29.1 Å². The summed E-state index contributed by atoms with van der Waals surface area (Å²) in [5.41, 5.74) is 0.626. The van der Waals surface area contributed by atoms with Gasteiger partial charge < -0.3 is 10.2 Å². The van der Waals surface area contributed by atoms with E-state index in [1.807, 2.05) is 18.2 Å². The van der Waals surface area contributed by atoms with E-state index in [2.05, 4.69) is 20.2 Å². The molecular weight excluding hydrogens is 344 g/mol. The maximum Gasteiger partial charge on any atom is 0.234 e. The van der Waals surface area contributed by atoms with Gasteiger partial charge in [0.05, 0.1) is 16.5 Å². The van der Waals surface area contributed by atoms with Crippen LogP contribution in [0.1, 0.15) is 19.3 Å². The molecule has 1 amide bonds. The topological polar surface area (TPSA) is 58.1 Å². The summed E-state index contributed by atoms with van der Waals surface area (Å²) in [6, 6.07) is 9.15. The first-order chi connectivity index (χ1) is 11.7. The van der Waals surface area contributed by atoms with Crippen LogP contribution in [0.2, 0.25) is 5.02 Å². The van der Waals surface area contributed by atoms with E-state index >= 15 is 0 Å². The van der Waals surface area contributed by atoms with Crippen molar-refractivity contribution >= 4 is 40.8 Å². The molecule has 2 heterocycles. The van der Waals surface area contributed by atoms with E-state index in [0.29, 0.717) is 10.7 Å². The summed E-state index contributed by atoms with van der Waals surface area (Å²) in [6.45, 7) is 2.07. The minimum Gasteiger partial charge on any atom is -0.356 e. The van der Waals surface area contributed by atoms with Gasteiger partial charge in [0.25, 0.3) is 0 Å². The highest BCUT2D eigenvalue weighted by Crippen LogP contribution is 2.24. The number of benzene rings is 1. The minimum atomic E-state index is -0.105. The Balaban J connectivity index is 1.56. The zero-order chi connectivity index (χ0) is 16.8. The quantitative estimate of drug-likeness (QED) is 0.646. The molecule has 3 rings (SSSR count). The zero-order valence-electron chi connectivity index (χ0n) is 13.2. The van der Waals surface area contributed by atoms with Crippen LogP contribution in [-0.2, 0) is 4.79 Å². The van der Waals surface area contributed by atoms with Crippen LogP contribution in [0.25, 0.3) is 0 Å². The van der Waals surface area contributed by atoms with Crippen molar-refractivity contribution in [3.8, 4) is 0 Å². The molecule has 0 saturated carbocycles. The molecule has 7 heteroatoms. The smallest absolute Gasteiger partial charge is 0.234 e. The van der Waals surface area contributed by atoms with Crippen LogP contribution < -0.4 is 10.2 Å². The number of aromatic nitrogens is 2. The van der Waals surface area contributed by atoms with Gasteiger partial charge in [-0.3, -0.25) is 4.79 Å². The van der Waals surface area contributed by atoms with Gasteiger partial charge in [0.1, 0.15) is 17.2 Å². The molecule has 1 aromatic heterocycles. The van der Waals surface area contributed by atoms with Crippen molar-refractivity contribution in [3.63, 3.8) is 0 Å². The Morgan fingerprint density at radius 2 is 2.00 bits per heavy atom. The monoisotopic (exact) mass is 362 g/mol. The number of amides is 1. The summed E-state index contributed by atoms with van der Waals surface area (Å²) in [6.07, 6.45) is 5.25. The highest BCUT2D eigenvalue weighted by atomic mass is 35.5. The van der Waals surface area contributed by atoms with E-state index in [1.165, 1.54) is 31.0 Å². The summed E-state index contributed by atoms with van der Waals surface area (Å²) in [7, 11) is 0. The first-order valence-electron chi connectivity index (χ1n) is 7.96. The summed E-state index contributed by atoms with van der Waals surface area (Å²) < 4.78 is 0. The first-order valence-corrected chi connectivity index (χ1v) is 9.33. The molecule has 5 nitrogen and oxygen atoms in total. The molecular formula is C17H19ClN4OS. The second kappa shape index (κ2) is 8.35. The van der Waals surface area contributed by atoms with E-state index in [4.69, 9.17) is 11.6 Å². The standard InChI is InChI=1S/C17H19ClN4OS/c18-13-6-2-3-7-14(13)21-16(23)11-24-17-10-15(19-12-20-17)22-8-4-1-5-9-22/h2-3,6-7,10,12H,1,4-5,8-9,11H2,(H,21,23). The maximum atomic E-state index is 12.1. The third-order valence-corrected chi connectivity index (χ3v) is 5.06. The van der Waals surface area contributed by atoms with Crippen LogP contribution in [0.15, 0.2) is 41.7 Å². The summed E-state index contributed by atoms with van der Waals surface area (Å²) >= 11 is 7.44. The Morgan fingerprint density at radius 3 is 2.79 bits per heavy atom. The maximum absolute atomic E-state index is 12.1. The van der Waals surface area contributed by atoms with Gasteiger partial charge in [0, 0.05) is 19.2 Å². The molecule has 1 aromatic carbocycles. The van der Waals surface area contributed by atoms with E-state index in [0.717, 1.165) is 23.9 Å². The number of hydrogen-bond donors (Lipinski definition) is 1. The number of thioether (sulfide) groups is 1. The lowest BCUT2D eigenvalue weighted by Crippen LogP contribution is -2.30. The number of piperidine rings is 1. The van der Waals surface area contributed by atoms with Gasteiger partial charge in [-0.05, 0) is 31.4 Å². The number of halogens is 1. The van der Waals surface area contributed by atoms with Crippen molar-refractivity contribution in [2.45, 2.75) is 24.3 Å². The predicted octanol–water partition coefficient (Wildman–Crippen LogP) is 3.85. The molecule has 126 valence electrons. The second-order valence-corrected chi connectivity index (χ2v) is 6.98. The molecule has 1 aliphatic rings. The average Bonchev–Trinajstić information content (AvgIpc) is 2.63. The number of para-hydroxylation sites is 1. The molecule has 1 aliphatic heterocycles. The van der Waals surface area contributed by atoms with Crippen molar-refractivity contribution in [2.24, 2.45) is 0 Å². The SMILES string of the molecule is O=C(CSc1cc(N2CCCCC2)ncn1)Nc1ccccc1Cl. The molecule has 1 N–H and O–H groups in total. The van der Waals surface area contributed by atoms with Crippen LogP contribution in [0, 0.1) is 0 Å². The highest BCUT2D eigenvalue weighted by molar-refractivity contribution is 7.99. The van der Waals surface area contributed by atoms with Crippen molar-refractivity contribution in [1.82, 2.24) is 9.97 Å². The Labute approximate surface area is 150 Å². The van der Waals surface area contributed by atoms with Gasteiger partial charge in [0.15, 0.2) is 0 Å². The van der Waals surface area contributed by atoms with Crippen LogP contribution >= 0.6 is 23.4 Å². The molecule has 0 bridgehead atoms. The fourth-order valence-electron chi connectivity index (χ4n) is 2.59. The average molecular weight is 363 g/mol. The van der Waals surface area contributed by atoms with Gasteiger partial charge in [-0.1, -0.05) is 35.5 Å². The number of carbonyl (C=O) groups is 1. The fraction of sp³-hybridized carbons (Fsp3) is 0.353. The van der Waals surface area contributed by atoms with Gasteiger partial charge in [-0.2, -0.15) is 0 Å². The van der Waals surface area contributed by atoms with Crippen molar-refractivity contribution in [1.29, 1.82) is 0 Å². The number of rotatable bonds is 5. The Kier molecular flexibility index (Phi) is 5.93. The van der Waals surface area contributed by atoms with Crippen LogP contribution in [0.4, 0.5) is 11.5 Å². The van der Waals surface area contributed by atoms with E-state index < -0.39 is 0 Å². The predicted molar refractivity (Wildman–Crippen MR) is 98.9 cm³/mol. The lowest BCUT2D eigenvalue weighted by Gasteiger charge is -2.27. The van der Waals surface area contributed by atoms with E-state index in [1.54, 1.807) is 18.5 Å². The molecule has 0 radical (unpaired) electrons. The van der Waals surface area contributed by atoms with Crippen molar-refractivity contribution < 1.29 is 4.79 Å². The molecule has 1 saturated heterocycles. The Hall–Kier alpha value is -1.79. The minimum absolute atomic E-state index is 0.105. The molecule has 0 aliphatic carbocycles. The third kappa shape index (κ3) is 4.61. The lowest BCUT2D eigenvalue weighted by molar-refractivity contribution is -0.113. The Bertz CT molecular complexity index is 706. The van der Waals surface area contributed by atoms with E-state index in [9.17, 15) is 4.79 Å². The van der Waals surface area contributed by atoms with Gasteiger partial charge in [0.2, 0.25) is 5.91 Å². The van der Waals surface area contributed by atoms with E-state index in [-0.39, 0.29) is 11.7 Å². The van der Waals surface area contributed by atoms with Gasteiger partial charge in [-0.15, -0.1) is 0 Å². The number of carbonyl (C=O) groups excluding carboxylic acids is 1. The highest BCUT2D eigenvalue weighted by Gasteiger charge is 2.13. The summed E-state index contributed by atoms with van der Waals surface area (Å²) in [5.74, 6) is 1.12. The normalized spacial score (nSPS) is 14.5. The van der Waals surface area contributed by atoms with Gasteiger partial charge >= 0.3 is 0 Å². The van der Waals surface area contributed by atoms with Crippen LogP contribution in [0.5, 0.6) is 0 Å². The lowest BCUT2D eigenvalue weighted by atomic mass is 10.1. The number of nitrogens with zero attached hydrogens (tertiary/aromatic N) is 3. The molecule has 0 spiro atoms. The van der Waals surface area contributed by atoms with Crippen LogP contribution in [-0.4, -0.2) is 34.7 Å². The number of nitrogens with one attached hydrogen (secondary N) is 1. The molecule has 0 atom stereocenters. The summed E-state index contributed by atoms with van der Waals surface area (Å²) in [4.78, 5) is 23.0. The molecule has 2 aromatic rings. The first kappa shape index (κ1) is 17.0. The molecule has 0 unspecified atom stereocenters. The molecule has 1 fully saturated rings. The summed E-state index contributed by atoms with van der Waals surface area (Å²) in [5, 5.41) is 4.15. The van der Waals surface area contributed by atoms with Crippen molar-refractivity contribution in [3.05, 3.63) is 41.7 Å². The zero-order valence-corrected chi connectivity index (χ0v) is 14.8. The van der Waals surface area contributed by atoms with Crippen LogP contribution in [0.3, 0.4) is 0 Å². The second-order valence-electron chi connectivity index (χ2n) is 5.58. The van der Waals surface area contributed by atoms with Gasteiger partial charge in [-0.25, -0.2) is 9.97 Å².